The highest BCUT2D eigenvalue weighted by Crippen LogP contribution is 2.50. The molecule has 2 N–H and O–H groups in total. The first-order valence-corrected chi connectivity index (χ1v) is 65.8. The van der Waals surface area contributed by atoms with Crippen LogP contribution in [-0.2, 0) is 59.0 Å². The van der Waals surface area contributed by atoms with Gasteiger partial charge in [0.25, 0.3) is 0 Å². The maximum Gasteiger partial charge on any atom is 0.640 e. The first-order valence-electron chi connectivity index (χ1n) is 24.9. The molecular formula is C40H104O16Si14. The maximum absolute atomic E-state index is 14.8. The number of hydrogen-bond donors (Lipinski definition) is 2. The summed E-state index contributed by atoms with van der Waals surface area (Å²) in [4.78, 5) is 29.6. The van der Waals surface area contributed by atoms with Crippen molar-refractivity contribution in [3.05, 3.63) is 11.1 Å². The van der Waals surface area contributed by atoms with Crippen molar-refractivity contribution in [1.29, 1.82) is 0 Å². The zero-order valence-electron chi connectivity index (χ0n) is 50.2. The van der Waals surface area contributed by atoms with E-state index in [1.165, 1.54) is 0 Å². The number of hydrogen-bond acceptors (Lipinski definition) is 14. The van der Waals surface area contributed by atoms with Crippen LogP contribution in [0.2, 0.25) is 207 Å². The number of carbonyl (C=O) groups is 2. The minimum Gasteiger partial charge on any atom is -0.478 e. The Bertz CT molecular complexity index is 1520. The third kappa shape index (κ3) is 27.0. The predicted molar refractivity (Wildman–Crippen MR) is 320 cm³/mol. The van der Waals surface area contributed by atoms with Crippen LogP contribution in [0.15, 0.2) is 11.1 Å². The van der Waals surface area contributed by atoms with Crippen LogP contribution in [0.3, 0.4) is 0 Å². The first kappa shape index (κ1) is 71.2. The van der Waals surface area contributed by atoms with E-state index in [0.29, 0.717) is 0 Å². The van der Waals surface area contributed by atoms with E-state index in [9.17, 15) is 19.8 Å². The molecule has 0 radical (unpaired) electrons. The number of rotatable bonds is 32. The molecule has 0 bridgehead atoms. The topological polar surface area (TPSA) is 185 Å². The summed E-state index contributed by atoms with van der Waals surface area (Å²) in [5, 5.41) is 24.1. The lowest BCUT2D eigenvalue weighted by Crippen LogP contribution is -2.72. The van der Waals surface area contributed by atoms with Gasteiger partial charge in [0, 0.05) is 0 Å². The highest BCUT2D eigenvalue weighted by Gasteiger charge is 2.69. The van der Waals surface area contributed by atoms with Gasteiger partial charge in [-0.3, -0.25) is 0 Å². The average molecular weight is 1230 g/mol. The second-order valence-corrected chi connectivity index (χ2v) is 85.8. The van der Waals surface area contributed by atoms with Crippen molar-refractivity contribution in [2.24, 2.45) is 0 Å². The molecular weight excluding hydrogens is 1130 g/mol. The molecule has 0 aliphatic rings. The van der Waals surface area contributed by atoms with Crippen molar-refractivity contribution in [2.75, 3.05) is 0 Å². The second kappa shape index (κ2) is 24.5. The van der Waals surface area contributed by atoms with E-state index in [0.717, 1.165) is 0 Å². The molecule has 16 nitrogen and oxygen atoms in total. The van der Waals surface area contributed by atoms with Gasteiger partial charge in [0.15, 0.2) is 83.2 Å². The van der Waals surface area contributed by atoms with Crippen LogP contribution in [0.4, 0.5) is 0 Å². The fourth-order valence-electron chi connectivity index (χ4n) is 7.27. The van der Waals surface area contributed by atoms with Gasteiger partial charge < -0.3 is 59.6 Å². The summed E-state index contributed by atoms with van der Waals surface area (Å²) >= 11 is 0. The van der Waals surface area contributed by atoms with Crippen molar-refractivity contribution in [2.45, 2.75) is 234 Å². The van der Waals surface area contributed by atoms with E-state index in [4.69, 9.17) is 49.4 Å². The lowest BCUT2D eigenvalue weighted by atomic mass is 9.98. The third-order valence-electron chi connectivity index (χ3n) is 8.03. The molecule has 416 valence electrons. The van der Waals surface area contributed by atoms with E-state index in [-0.39, 0.29) is 12.8 Å². The quantitative estimate of drug-likeness (QED) is 0.0478. The molecule has 0 aliphatic carbocycles. The Labute approximate surface area is 442 Å². The summed E-state index contributed by atoms with van der Waals surface area (Å²) in [6.45, 7) is 64.1. The highest BCUT2D eigenvalue weighted by atomic mass is 28.6. The summed E-state index contributed by atoms with van der Waals surface area (Å²) in [7, 11) is -45.4. The second-order valence-electron chi connectivity index (χ2n) is 27.9. The zero-order valence-corrected chi connectivity index (χ0v) is 64.2. The van der Waals surface area contributed by atoms with Gasteiger partial charge >= 0.3 is 47.6 Å². The summed E-state index contributed by atoms with van der Waals surface area (Å²) in [5.74, 6) is -2.95. The van der Waals surface area contributed by atoms with E-state index >= 15 is 0 Å². The third-order valence-corrected chi connectivity index (χ3v) is 50.5. The molecule has 0 aliphatic heterocycles. The Morgan fingerprint density at radius 2 is 0.429 bits per heavy atom. The predicted octanol–water partition coefficient (Wildman–Crippen LogP) is 13.3. The van der Waals surface area contributed by atoms with Crippen LogP contribution in [-0.4, -0.2) is 141 Å². The molecule has 0 aromatic rings. The Hall–Kier alpha value is 1.24. The summed E-state index contributed by atoms with van der Waals surface area (Å²) in [6, 6.07) is 0. The molecule has 0 saturated carbocycles. The smallest absolute Gasteiger partial charge is 0.478 e. The molecule has 0 rings (SSSR count). The van der Waals surface area contributed by atoms with Gasteiger partial charge in [-0.05, 0) is 209 Å². The molecule has 0 aromatic heterocycles. The maximum atomic E-state index is 14.8. The van der Waals surface area contributed by atoms with Crippen molar-refractivity contribution < 1.29 is 69.2 Å². The van der Waals surface area contributed by atoms with Gasteiger partial charge in [-0.25, -0.2) is 9.59 Å². The zero-order chi connectivity index (χ0) is 56.4. The van der Waals surface area contributed by atoms with Gasteiger partial charge in [0.2, 0.25) is 0 Å². The molecule has 0 spiro atoms. The molecule has 0 heterocycles. The van der Waals surface area contributed by atoms with E-state index in [2.05, 4.69) is 0 Å². The van der Waals surface area contributed by atoms with E-state index < -0.39 is 153 Å². The van der Waals surface area contributed by atoms with Crippen LogP contribution in [0.25, 0.3) is 0 Å². The van der Waals surface area contributed by atoms with Crippen molar-refractivity contribution in [3.63, 3.8) is 0 Å². The molecule has 70 heavy (non-hydrogen) atoms. The molecule has 0 amide bonds. The molecule has 30 heteroatoms. The lowest BCUT2D eigenvalue weighted by Gasteiger charge is -2.51. The van der Waals surface area contributed by atoms with Crippen molar-refractivity contribution in [1.82, 2.24) is 0 Å². The number of aliphatic carboxylic acids is 2. The van der Waals surface area contributed by atoms with Crippen LogP contribution >= 0.6 is 0 Å². The van der Waals surface area contributed by atoms with E-state index in [1.807, 2.05) is 210 Å². The SMILES string of the molecule is CCC(/C(C(=O)O)=C(\C(=O)O)C(CC)[Si](O[Si](C)(C)C)(O[Si](C)(C)C)O[Si](O[Si](C)(C)C)(O[Si](C)(C)C)O[Si](C)(C)C)[Si](O[Si](C)(C)C)(O[Si](C)(C)C)O[Si](O[Si](C)(C)C)(O[Si](C)(C)C)O[Si](C)(C)C. The summed E-state index contributed by atoms with van der Waals surface area (Å²) < 4.78 is 87.9. The van der Waals surface area contributed by atoms with Gasteiger partial charge in [0.1, 0.15) is 0 Å². The van der Waals surface area contributed by atoms with Crippen LogP contribution in [0.5, 0.6) is 0 Å². The lowest BCUT2D eigenvalue weighted by molar-refractivity contribution is -0.136. The van der Waals surface area contributed by atoms with Crippen molar-refractivity contribution >= 4 is 131 Å². The summed E-state index contributed by atoms with van der Waals surface area (Å²) in [5.41, 5.74) is -3.45. The summed E-state index contributed by atoms with van der Waals surface area (Å²) in [6.07, 6.45) is 0.0861. The van der Waals surface area contributed by atoms with Gasteiger partial charge in [-0.1, -0.05) is 13.8 Å². The molecule has 0 saturated heterocycles. The normalized spacial score (nSPS) is 16.6. The fraction of sp³-hybridized carbons (Fsp3) is 0.900. The minimum absolute atomic E-state index is 0.0431. The van der Waals surface area contributed by atoms with Crippen LogP contribution in [0.1, 0.15) is 26.7 Å². The van der Waals surface area contributed by atoms with E-state index in [1.54, 1.807) is 0 Å². The monoisotopic (exact) mass is 1230 g/mol. The molecule has 2 unspecified atom stereocenters. The standard InChI is InChI=1S/C40H104O16Si14/c1-33-35(67(45-57(3,4)5,46-58(6,7)8)55-69(49-61(15,16)17,50-62(18,19)20)51-63(21,22)23)37(39(41)42)38(40(43)44)36(34-2)68(47-59(9,10)11,48-60(12,13)14)56-70(52-64(24,25)26,53-65(27,28)29)54-66(30,31)32/h35-36H,33-34H2,1-32H3,(H,41,42)(H,43,44)/b38-37+. The highest BCUT2D eigenvalue weighted by molar-refractivity contribution is 6.96. The van der Waals surface area contributed by atoms with Crippen molar-refractivity contribution in [3.8, 4) is 0 Å². The Morgan fingerprint density at radius 3 is 0.529 bits per heavy atom. The van der Waals surface area contributed by atoms with Crippen LogP contribution in [0, 0.1) is 0 Å². The largest absolute Gasteiger partial charge is 0.640 e. The first-order chi connectivity index (χ1) is 30.3. The Morgan fingerprint density at radius 1 is 0.286 bits per heavy atom. The number of carboxylic acids is 2. The van der Waals surface area contributed by atoms with Gasteiger partial charge in [-0.15, -0.1) is 0 Å². The fourth-order valence-corrected chi connectivity index (χ4v) is 57.1. The Balaban J connectivity index is 10.2. The molecule has 0 fully saturated rings. The molecule has 0 aromatic carbocycles. The van der Waals surface area contributed by atoms with Crippen LogP contribution < -0.4 is 0 Å². The Kier molecular flexibility index (Phi) is 24.9. The average Bonchev–Trinajstić information content (AvgIpc) is 2.92. The molecule has 2 atom stereocenters. The van der Waals surface area contributed by atoms with Gasteiger partial charge in [0.05, 0.1) is 22.2 Å². The minimum atomic E-state index is -4.68. The van der Waals surface area contributed by atoms with Gasteiger partial charge in [-0.2, -0.15) is 0 Å². The number of carboxylic acid groups (broad SMARTS) is 2.